The van der Waals surface area contributed by atoms with Gasteiger partial charge in [0.05, 0.1) is 0 Å². The first-order valence-corrected chi connectivity index (χ1v) is 17.4. The zero-order valence-electron chi connectivity index (χ0n) is 27.1. The summed E-state index contributed by atoms with van der Waals surface area (Å²) in [4.78, 5) is 5.38. The third kappa shape index (κ3) is 4.74. The van der Waals surface area contributed by atoms with E-state index in [1.807, 2.05) is 0 Å². The quantitative estimate of drug-likeness (QED) is 0.190. The lowest BCUT2D eigenvalue weighted by molar-refractivity contribution is 0.339. The molecule has 49 heavy (non-hydrogen) atoms. The van der Waals surface area contributed by atoms with Gasteiger partial charge in [-0.15, -0.1) is 0 Å². The molecule has 236 valence electrons. The maximum atomic E-state index is 6.54. The molecule has 7 aromatic rings. The number of fused-ring (bicyclic) bond motifs is 9. The van der Waals surface area contributed by atoms with Crippen molar-refractivity contribution >= 4 is 60.8 Å². The maximum Gasteiger partial charge on any atom is 0.135 e. The third-order valence-electron chi connectivity index (χ3n) is 10.5. The molecular formula is C45H35N3O. The van der Waals surface area contributed by atoms with Crippen molar-refractivity contribution in [3.05, 3.63) is 156 Å². The van der Waals surface area contributed by atoms with Crippen molar-refractivity contribution in [1.29, 1.82) is 0 Å². The van der Waals surface area contributed by atoms with Crippen LogP contribution in [0.1, 0.15) is 31.0 Å². The Morgan fingerprint density at radius 2 is 1.33 bits per heavy atom. The number of rotatable bonds is 4. The molecule has 0 bridgehead atoms. The van der Waals surface area contributed by atoms with Gasteiger partial charge in [-0.2, -0.15) is 0 Å². The molecule has 0 spiro atoms. The first kappa shape index (κ1) is 28.3. The van der Waals surface area contributed by atoms with E-state index in [1.165, 1.54) is 54.6 Å². The van der Waals surface area contributed by atoms with Gasteiger partial charge < -0.3 is 9.73 Å². The Kier molecular flexibility index (Phi) is 6.63. The van der Waals surface area contributed by atoms with Crippen LogP contribution in [0.25, 0.3) is 66.1 Å². The molecular weight excluding hydrogens is 599 g/mol. The summed E-state index contributed by atoms with van der Waals surface area (Å²) in [6.45, 7) is 0. The minimum Gasteiger partial charge on any atom is -0.456 e. The molecule has 4 nitrogen and oxygen atoms in total. The zero-order chi connectivity index (χ0) is 32.3. The molecule has 1 aliphatic heterocycles. The predicted molar refractivity (Wildman–Crippen MR) is 204 cm³/mol. The molecule has 0 radical (unpaired) electrons. The van der Waals surface area contributed by atoms with Gasteiger partial charge in [-0.1, -0.05) is 121 Å². The van der Waals surface area contributed by atoms with Crippen molar-refractivity contribution in [2.75, 3.05) is 0 Å². The highest BCUT2D eigenvalue weighted by atomic mass is 16.3. The fraction of sp³-hybridized carbons (Fsp3) is 0.133. The fourth-order valence-corrected chi connectivity index (χ4v) is 8.15. The molecule has 3 unspecified atom stereocenters. The van der Waals surface area contributed by atoms with E-state index in [1.54, 1.807) is 0 Å². The Bertz CT molecular complexity index is 2630. The van der Waals surface area contributed by atoms with E-state index in [0.717, 1.165) is 46.7 Å². The van der Waals surface area contributed by atoms with Crippen LogP contribution in [0.2, 0.25) is 0 Å². The van der Waals surface area contributed by atoms with Gasteiger partial charge in [-0.25, -0.2) is 4.99 Å². The minimum atomic E-state index is -0.0444. The van der Waals surface area contributed by atoms with E-state index in [9.17, 15) is 0 Å². The van der Waals surface area contributed by atoms with Gasteiger partial charge in [-0.05, 0) is 92.5 Å². The van der Waals surface area contributed by atoms with Crippen molar-refractivity contribution in [3.63, 3.8) is 0 Å². The normalized spacial score (nSPS) is 20.4. The number of hydrogen-bond donors (Lipinski definition) is 2. The van der Waals surface area contributed by atoms with E-state index in [2.05, 4.69) is 156 Å². The molecule has 2 N–H and O–H groups in total. The van der Waals surface area contributed by atoms with Gasteiger partial charge in [-0.3, -0.25) is 5.32 Å². The molecule has 0 fully saturated rings. The average molecular weight is 634 g/mol. The van der Waals surface area contributed by atoms with Crippen LogP contribution < -0.4 is 21.3 Å². The summed E-state index contributed by atoms with van der Waals surface area (Å²) in [6.07, 6.45) is 13.8. The van der Waals surface area contributed by atoms with Gasteiger partial charge in [0.15, 0.2) is 0 Å². The summed E-state index contributed by atoms with van der Waals surface area (Å²) in [5.74, 6) is 1.25. The van der Waals surface area contributed by atoms with Crippen molar-refractivity contribution < 1.29 is 4.42 Å². The number of aliphatic imine (C=N–C) groups is 1. The van der Waals surface area contributed by atoms with Gasteiger partial charge in [0, 0.05) is 22.1 Å². The number of allylic oxidation sites excluding steroid dienone is 3. The number of benzene rings is 6. The highest BCUT2D eigenvalue weighted by Gasteiger charge is 2.30. The van der Waals surface area contributed by atoms with Crippen LogP contribution in [0.5, 0.6) is 0 Å². The minimum absolute atomic E-state index is 0.0401. The first-order chi connectivity index (χ1) is 24.3. The summed E-state index contributed by atoms with van der Waals surface area (Å²) < 4.78 is 6.54. The summed E-state index contributed by atoms with van der Waals surface area (Å²) >= 11 is 0. The molecule has 6 aromatic carbocycles. The Morgan fingerprint density at radius 1 is 0.653 bits per heavy atom. The van der Waals surface area contributed by atoms with E-state index >= 15 is 0 Å². The number of amidine groups is 1. The first-order valence-electron chi connectivity index (χ1n) is 17.4. The smallest absolute Gasteiger partial charge is 0.135 e. The molecule has 0 saturated heterocycles. The highest BCUT2D eigenvalue weighted by molar-refractivity contribution is 6.25. The second kappa shape index (κ2) is 11.5. The molecule has 0 saturated carbocycles. The summed E-state index contributed by atoms with van der Waals surface area (Å²) in [5, 5.41) is 17.6. The second-order valence-electron chi connectivity index (χ2n) is 13.4. The van der Waals surface area contributed by atoms with Crippen LogP contribution in [0.15, 0.2) is 149 Å². The third-order valence-corrected chi connectivity index (χ3v) is 10.5. The monoisotopic (exact) mass is 633 g/mol. The van der Waals surface area contributed by atoms with Crippen molar-refractivity contribution in [3.8, 4) is 11.1 Å². The van der Waals surface area contributed by atoms with E-state index in [0.29, 0.717) is 0 Å². The molecule has 0 amide bonds. The highest BCUT2D eigenvalue weighted by Crippen LogP contribution is 2.37. The second-order valence-corrected chi connectivity index (χ2v) is 13.4. The van der Waals surface area contributed by atoms with Crippen LogP contribution >= 0.6 is 0 Å². The van der Waals surface area contributed by atoms with Gasteiger partial charge in [0.2, 0.25) is 0 Å². The standard InChI is InChI=1S/C45H35N3O/c1-3-12-28(13-4-1)43-46-44(29-14-5-2-6-15-29)48-45(47-43)37-20-11-21-41-42(37)39-27-31(23-25-40(39)49-41)30-22-24-36-34-18-8-7-16-32(34)33-17-9-10-19-35(33)38(36)26-30/h1-10,12-14,16-19,21-27,29,43-44,46H,11,15,20H2,(H,47,48). The number of hydrogen-bond acceptors (Lipinski definition) is 4. The van der Waals surface area contributed by atoms with Gasteiger partial charge >= 0.3 is 0 Å². The fourth-order valence-electron chi connectivity index (χ4n) is 8.15. The van der Waals surface area contributed by atoms with E-state index < -0.39 is 0 Å². The predicted octanol–water partition coefficient (Wildman–Crippen LogP) is 9.03. The SMILES string of the molecule is C1=CCC(C2N=C(C3=c4c(oc5ccc(-c6ccc7c8ccccc8c8ccccc8c7c6)cc45)=CCC3)NC(c3ccccc3)N2)C=C1. The van der Waals surface area contributed by atoms with E-state index in [4.69, 9.17) is 9.41 Å². The molecule has 4 heteroatoms. The molecule has 1 aromatic heterocycles. The van der Waals surface area contributed by atoms with Crippen molar-refractivity contribution in [1.82, 2.24) is 10.6 Å². The lowest BCUT2D eigenvalue weighted by Crippen LogP contribution is -2.52. The van der Waals surface area contributed by atoms with Gasteiger partial charge in [0.1, 0.15) is 29.2 Å². The molecule has 10 rings (SSSR count). The molecule has 2 heterocycles. The largest absolute Gasteiger partial charge is 0.456 e. The Hall–Kier alpha value is -5.71. The van der Waals surface area contributed by atoms with E-state index in [-0.39, 0.29) is 18.2 Å². The van der Waals surface area contributed by atoms with Gasteiger partial charge in [0.25, 0.3) is 0 Å². The molecule has 2 aliphatic carbocycles. The number of nitrogens with zero attached hydrogens (tertiary/aromatic N) is 1. The maximum absolute atomic E-state index is 6.54. The number of furan rings is 1. The zero-order valence-corrected chi connectivity index (χ0v) is 27.1. The lowest BCUT2D eigenvalue weighted by atomic mass is 9.91. The average Bonchev–Trinajstić information content (AvgIpc) is 3.57. The summed E-state index contributed by atoms with van der Waals surface area (Å²) in [6, 6.07) is 41.8. The van der Waals surface area contributed by atoms with Crippen molar-refractivity contribution in [2.24, 2.45) is 10.9 Å². The summed E-state index contributed by atoms with van der Waals surface area (Å²) in [5.41, 5.74) is 6.67. The Labute approximate surface area is 284 Å². The molecule has 3 atom stereocenters. The lowest BCUT2D eigenvalue weighted by Gasteiger charge is -2.35. The van der Waals surface area contributed by atoms with Crippen LogP contribution in [-0.4, -0.2) is 12.0 Å². The number of nitrogens with one attached hydrogen (secondary N) is 2. The van der Waals surface area contributed by atoms with Crippen LogP contribution in [0.4, 0.5) is 0 Å². The topological polar surface area (TPSA) is 49.6 Å². The van der Waals surface area contributed by atoms with Crippen LogP contribution in [-0.2, 0) is 0 Å². The Morgan fingerprint density at radius 3 is 2.06 bits per heavy atom. The van der Waals surface area contributed by atoms with Crippen LogP contribution in [0, 0.1) is 5.92 Å². The van der Waals surface area contributed by atoms with Crippen LogP contribution in [0.3, 0.4) is 0 Å². The Balaban J connectivity index is 1.14. The molecule has 3 aliphatic rings. The van der Waals surface area contributed by atoms with Crippen molar-refractivity contribution in [2.45, 2.75) is 31.6 Å². The summed E-state index contributed by atoms with van der Waals surface area (Å²) in [7, 11) is 0.